The van der Waals surface area contributed by atoms with E-state index < -0.39 is 0 Å². The molecule has 0 fully saturated rings. The minimum atomic E-state index is -0.0673. The third-order valence-electron chi connectivity index (χ3n) is 4.84. The van der Waals surface area contributed by atoms with Crippen molar-refractivity contribution >= 4 is 33.5 Å². The largest absolute Gasteiger partial charge is 0.353 e. The molecule has 27 heavy (non-hydrogen) atoms. The van der Waals surface area contributed by atoms with Gasteiger partial charge in [0, 0.05) is 47.5 Å². The van der Waals surface area contributed by atoms with Crippen molar-refractivity contribution in [2.45, 2.75) is 20.0 Å². The van der Waals surface area contributed by atoms with E-state index in [4.69, 9.17) is 0 Å². The summed E-state index contributed by atoms with van der Waals surface area (Å²) in [5.74, 6) is -0.0628. The first kappa shape index (κ1) is 17.1. The van der Waals surface area contributed by atoms with Crippen LogP contribution in [0.4, 0.5) is 0 Å². The summed E-state index contributed by atoms with van der Waals surface area (Å²) >= 11 is 0. The predicted octanol–water partition coefficient (Wildman–Crippen LogP) is 3.62. The molecule has 4 aromatic rings. The van der Waals surface area contributed by atoms with E-state index in [1.807, 2.05) is 47.2 Å². The Balaban J connectivity index is 1.43. The van der Waals surface area contributed by atoms with Crippen LogP contribution in [0.15, 0.2) is 67.0 Å². The van der Waals surface area contributed by atoms with Gasteiger partial charge < -0.3 is 14.5 Å². The SMILES string of the molecule is CC(=O)c1cn(CC(=O)NCCn2ccc3ccccc32)c2ccccc12. The highest BCUT2D eigenvalue weighted by atomic mass is 16.2. The van der Waals surface area contributed by atoms with Gasteiger partial charge in [-0.15, -0.1) is 0 Å². The molecule has 0 aliphatic rings. The lowest BCUT2D eigenvalue weighted by Gasteiger charge is -2.09. The van der Waals surface area contributed by atoms with Gasteiger partial charge in [-0.25, -0.2) is 0 Å². The molecule has 0 aliphatic carbocycles. The molecule has 0 aliphatic heterocycles. The van der Waals surface area contributed by atoms with E-state index in [2.05, 4.69) is 28.1 Å². The number of rotatable bonds is 6. The van der Waals surface area contributed by atoms with Gasteiger partial charge in [-0.3, -0.25) is 9.59 Å². The smallest absolute Gasteiger partial charge is 0.240 e. The van der Waals surface area contributed by atoms with Crippen molar-refractivity contribution in [1.29, 1.82) is 0 Å². The van der Waals surface area contributed by atoms with Crippen molar-refractivity contribution in [3.63, 3.8) is 0 Å². The van der Waals surface area contributed by atoms with E-state index in [-0.39, 0.29) is 18.2 Å². The summed E-state index contributed by atoms with van der Waals surface area (Å²) in [6.07, 6.45) is 3.81. The first-order valence-electron chi connectivity index (χ1n) is 9.03. The molecule has 2 aromatic heterocycles. The number of para-hydroxylation sites is 2. The first-order chi connectivity index (χ1) is 13.1. The van der Waals surface area contributed by atoms with Crippen LogP contribution in [0.1, 0.15) is 17.3 Å². The van der Waals surface area contributed by atoms with Gasteiger partial charge in [0.2, 0.25) is 5.91 Å². The predicted molar refractivity (Wildman–Crippen MR) is 107 cm³/mol. The lowest BCUT2D eigenvalue weighted by molar-refractivity contribution is -0.121. The van der Waals surface area contributed by atoms with Gasteiger partial charge in [0.1, 0.15) is 6.54 Å². The highest BCUT2D eigenvalue weighted by Crippen LogP contribution is 2.21. The van der Waals surface area contributed by atoms with Crippen LogP contribution in [-0.2, 0) is 17.9 Å². The van der Waals surface area contributed by atoms with Crippen molar-refractivity contribution in [1.82, 2.24) is 14.5 Å². The Morgan fingerprint density at radius 3 is 2.48 bits per heavy atom. The molecule has 0 spiro atoms. The van der Waals surface area contributed by atoms with Crippen LogP contribution in [0.25, 0.3) is 21.8 Å². The molecule has 136 valence electrons. The van der Waals surface area contributed by atoms with Crippen molar-refractivity contribution in [3.8, 4) is 0 Å². The van der Waals surface area contributed by atoms with Crippen LogP contribution in [-0.4, -0.2) is 27.4 Å². The van der Waals surface area contributed by atoms with Gasteiger partial charge in [0.05, 0.1) is 0 Å². The number of nitrogens with one attached hydrogen (secondary N) is 1. The molecule has 4 rings (SSSR count). The maximum Gasteiger partial charge on any atom is 0.240 e. The third-order valence-corrected chi connectivity index (χ3v) is 4.84. The Hall–Kier alpha value is -3.34. The fourth-order valence-electron chi connectivity index (χ4n) is 3.52. The van der Waals surface area contributed by atoms with Crippen LogP contribution >= 0.6 is 0 Å². The molecule has 1 amide bonds. The maximum absolute atomic E-state index is 12.4. The van der Waals surface area contributed by atoms with E-state index in [9.17, 15) is 9.59 Å². The fraction of sp³-hybridized carbons (Fsp3) is 0.182. The number of nitrogens with zero attached hydrogens (tertiary/aromatic N) is 2. The standard InChI is InChI=1S/C22H21N3O2/c1-16(26)19-14-25(21-9-5-3-7-18(19)21)15-22(27)23-11-13-24-12-10-17-6-2-4-8-20(17)24/h2-10,12,14H,11,13,15H2,1H3,(H,23,27). The van der Waals surface area contributed by atoms with Crippen LogP contribution in [0, 0.1) is 0 Å². The molecule has 2 aromatic carbocycles. The average Bonchev–Trinajstić information content (AvgIpc) is 3.24. The Labute approximate surface area is 157 Å². The highest BCUT2D eigenvalue weighted by molar-refractivity contribution is 6.07. The molecule has 0 bridgehead atoms. The molecular formula is C22H21N3O2. The van der Waals surface area contributed by atoms with Crippen LogP contribution in [0.3, 0.4) is 0 Å². The normalized spacial score (nSPS) is 11.1. The second-order valence-corrected chi connectivity index (χ2v) is 6.66. The molecule has 0 radical (unpaired) electrons. The van der Waals surface area contributed by atoms with Gasteiger partial charge >= 0.3 is 0 Å². The van der Waals surface area contributed by atoms with Crippen LogP contribution in [0.5, 0.6) is 0 Å². The summed E-state index contributed by atoms with van der Waals surface area (Å²) in [5, 5.41) is 5.05. The lowest BCUT2D eigenvalue weighted by Crippen LogP contribution is -2.30. The summed E-state index contributed by atoms with van der Waals surface area (Å²) in [6.45, 7) is 3.01. The number of fused-ring (bicyclic) bond motifs is 2. The number of carbonyl (C=O) groups is 2. The van der Waals surface area contributed by atoms with E-state index >= 15 is 0 Å². The monoisotopic (exact) mass is 359 g/mol. The Bertz CT molecular complexity index is 1140. The fourth-order valence-corrected chi connectivity index (χ4v) is 3.52. The zero-order valence-corrected chi connectivity index (χ0v) is 15.2. The highest BCUT2D eigenvalue weighted by Gasteiger charge is 2.13. The zero-order valence-electron chi connectivity index (χ0n) is 15.2. The molecule has 5 heteroatoms. The van der Waals surface area contributed by atoms with Crippen LogP contribution in [0.2, 0.25) is 0 Å². The zero-order chi connectivity index (χ0) is 18.8. The maximum atomic E-state index is 12.4. The quantitative estimate of drug-likeness (QED) is 0.535. The second kappa shape index (κ2) is 7.11. The lowest BCUT2D eigenvalue weighted by atomic mass is 10.1. The number of benzene rings is 2. The van der Waals surface area contributed by atoms with Crippen molar-refractivity contribution in [2.75, 3.05) is 6.54 Å². The molecule has 0 unspecified atom stereocenters. The van der Waals surface area contributed by atoms with Gasteiger partial charge in [-0.2, -0.15) is 0 Å². The van der Waals surface area contributed by atoms with Crippen LogP contribution < -0.4 is 5.32 Å². The number of amides is 1. The minimum absolute atomic E-state index is 0.00449. The number of hydrogen-bond acceptors (Lipinski definition) is 2. The second-order valence-electron chi connectivity index (χ2n) is 6.66. The summed E-state index contributed by atoms with van der Waals surface area (Å²) in [7, 11) is 0. The van der Waals surface area contributed by atoms with Gasteiger partial charge in [-0.05, 0) is 30.5 Å². The number of aromatic nitrogens is 2. The summed E-state index contributed by atoms with van der Waals surface area (Å²) in [5.41, 5.74) is 2.71. The van der Waals surface area contributed by atoms with Gasteiger partial charge in [-0.1, -0.05) is 36.4 Å². The molecule has 1 N–H and O–H groups in total. The molecule has 0 saturated heterocycles. The third kappa shape index (κ3) is 3.36. The van der Waals surface area contributed by atoms with E-state index in [1.165, 1.54) is 5.39 Å². The minimum Gasteiger partial charge on any atom is -0.353 e. The number of carbonyl (C=O) groups excluding carboxylic acids is 2. The average molecular weight is 359 g/mol. The summed E-state index contributed by atoms with van der Waals surface area (Å²) in [6, 6.07) is 17.9. The number of hydrogen-bond donors (Lipinski definition) is 1. The molecular weight excluding hydrogens is 338 g/mol. The summed E-state index contributed by atoms with van der Waals surface area (Å²) in [4.78, 5) is 24.3. The summed E-state index contributed by atoms with van der Waals surface area (Å²) < 4.78 is 3.97. The van der Waals surface area contributed by atoms with Gasteiger partial charge in [0.15, 0.2) is 5.78 Å². The van der Waals surface area contributed by atoms with E-state index in [0.717, 1.165) is 16.4 Å². The molecule has 0 saturated carbocycles. The Morgan fingerprint density at radius 2 is 1.67 bits per heavy atom. The Kier molecular flexibility index (Phi) is 4.50. The molecule has 0 atom stereocenters. The number of ketones is 1. The van der Waals surface area contributed by atoms with E-state index in [0.29, 0.717) is 18.7 Å². The Morgan fingerprint density at radius 1 is 0.926 bits per heavy atom. The topological polar surface area (TPSA) is 56.0 Å². The van der Waals surface area contributed by atoms with Crippen molar-refractivity contribution in [3.05, 3.63) is 72.6 Å². The first-order valence-corrected chi connectivity index (χ1v) is 9.03. The van der Waals surface area contributed by atoms with Crippen molar-refractivity contribution in [2.24, 2.45) is 0 Å². The number of Topliss-reactive ketones (excluding diaryl/α,β-unsaturated/α-hetero) is 1. The van der Waals surface area contributed by atoms with E-state index in [1.54, 1.807) is 13.1 Å². The van der Waals surface area contributed by atoms with Crippen molar-refractivity contribution < 1.29 is 9.59 Å². The molecule has 5 nitrogen and oxygen atoms in total. The molecule has 2 heterocycles. The van der Waals surface area contributed by atoms with Gasteiger partial charge in [0.25, 0.3) is 0 Å².